The van der Waals surface area contributed by atoms with Gasteiger partial charge in [-0.3, -0.25) is 9.59 Å². The predicted molar refractivity (Wildman–Crippen MR) is 75.3 cm³/mol. The minimum atomic E-state index is -0.744. The average molecular weight is 278 g/mol. The van der Waals surface area contributed by atoms with Crippen molar-refractivity contribution in [3.05, 3.63) is 47.3 Å². The van der Waals surface area contributed by atoms with Crippen molar-refractivity contribution in [1.82, 2.24) is 5.32 Å². The van der Waals surface area contributed by atoms with E-state index in [1.807, 2.05) is 19.9 Å². The van der Waals surface area contributed by atoms with Crippen LogP contribution >= 0.6 is 0 Å². The fourth-order valence-electron chi connectivity index (χ4n) is 1.68. The van der Waals surface area contributed by atoms with Gasteiger partial charge in [0.25, 0.3) is 0 Å². The molecule has 0 spiro atoms. The van der Waals surface area contributed by atoms with E-state index in [1.54, 1.807) is 6.07 Å². The molecule has 1 aromatic carbocycles. The first-order valence-corrected chi connectivity index (χ1v) is 6.35. The van der Waals surface area contributed by atoms with E-state index in [-0.39, 0.29) is 12.3 Å². The predicted octanol–water partition coefficient (Wildman–Crippen LogP) is 1.69. The van der Waals surface area contributed by atoms with Gasteiger partial charge in [0.05, 0.1) is 6.42 Å². The van der Waals surface area contributed by atoms with E-state index in [9.17, 15) is 14.0 Å². The van der Waals surface area contributed by atoms with Crippen LogP contribution in [0.4, 0.5) is 4.39 Å². The summed E-state index contributed by atoms with van der Waals surface area (Å²) < 4.78 is 13.0. The summed E-state index contributed by atoms with van der Waals surface area (Å²) in [7, 11) is 0. The Morgan fingerprint density at radius 3 is 2.65 bits per heavy atom. The third-order valence-electron chi connectivity index (χ3n) is 2.69. The van der Waals surface area contributed by atoms with Gasteiger partial charge in [-0.15, -0.1) is 0 Å². The number of amides is 2. The van der Waals surface area contributed by atoms with Crippen LogP contribution < -0.4 is 11.1 Å². The lowest BCUT2D eigenvalue weighted by molar-refractivity contribution is -0.126. The molecule has 0 saturated carbocycles. The van der Waals surface area contributed by atoms with E-state index in [0.717, 1.165) is 5.57 Å². The van der Waals surface area contributed by atoms with Gasteiger partial charge in [-0.1, -0.05) is 23.8 Å². The standard InChI is InChI=1S/C15H19FN2O2/c1-10(2)6-7-13(15(17)20)18-14(19)9-11-4-3-5-12(16)8-11/h3-6,8,13H,7,9H2,1-2H3,(H2,17,20)(H,18,19)/t13-/m1/s1. The summed E-state index contributed by atoms with van der Waals surface area (Å²) in [5, 5.41) is 2.56. The van der Waals surface area contributed by atoms with Crippen molar-refractivity contribution in [3.63, 3.8) is 0 Å². The molecular formula is C15H19FN2O2. The maximum absolute atomic E-state index is 13.0. The number of allylic oxidation sites excluding steroid dienone is 1. The van der Waals surface area contributed by atoms with Crippen molar-refractivity contribution in [2.24, 2.45) is 5.73 Å². The zero-order valence-electron chi connectivity index (χ0n) is 11.7. The molecule has 1 rings (SSSR count). The van der Waals surface area contributed by atoms with Gasteiger partial charge in [-0.2, -0.15) is 0 Å². The van der Waals surface area contributed by atoms with E-state index in [0.29, 0.717) is 12.0 Å². The number of hydrogen-bond donors (Lipinski definition) is 2. The maximum atomic E-state index is 13.0. The van der Waals surface area contributed by atoms with Crippen LogP contribution in [0.1, 0.15) is 25.8 Å². The van der Waals surface area contributed by atoms with Gasteiger partial charge in [0.15, 0.2) is 0 Å². The Hall–Kier alpha value is -2.17. The molecule has 1 atom stereocenters. The van der Waals surface area contributed by atoms with Crippen molar-refractivity contribution in [2.45, 2.75) is 32.7 Å². The number of nitrogens with one attached hydrogen (secondary N) is 1. The van der Waals surface area contributed by atoms with Crippen LogP contribution in [-0.4, -0.2) is 17.9 Å². The van der Waals surface area contributed by atoms with Gasteiger partial charge >= 0.3 is 0 Å². The SMILES string of the molecule is CC(C)=CC[C@@H](NC(=O)Cc1cccc(F)c1)C(N)=O. The molecule has 0 aromatic heterocycles. The van der Waals surface area contributed by atoms with Crippen LogP contribution in [0.3, 0.4) is 0 Å². The molecule has 0 saturated heterocycles. The highest BCUT2D eigenvalue weighted by Crippen LogP contribution is 2.05. The normalized spacial score (nSPS) is 11.6. The van der Waals surface area contributed by atoms with E-state index in [1.165, 1.54) is 18.2 Å². The Bertz CT molecular complexity index is 522. The Labute approximate surface area is 117 Å². The molecule has 0 aliphatic heterocycles. The zero-order valence-corrected chi connectivity index (χ0v) is 11.7. The number of benzene rings is 1. The first kappa shape index (κ1) is 15.9. The van der Waals surface area contributed by atoms with Crippen LogP contribution in [0, 0.1) is 5.82 Å². The molecule has 4 nitrogen and oxygen atoms in total. The third kappa shape index (κ3) is 5.65. The summed E-state index contributed by atoms with van der Waals surface area (Å²) in [6.07, 6.45) is 2.20. The summed E-state index contributed by atoms with van der Waals surface area (Å²) >= 11 is 0. The van der Waals surface area contributed by atoms with E-state index >= 15 is 0 Å². The molecule has 5 heteroatoms. The van der Waals surface area contributed by atoms with Crippen LogP contribution in [-0.2, 0) is 16.0 Å². The number of hydrogen-bond acceptors (Lipinski definition) is 2. The second-order valence-electron chi connectivity index (χ2n) is 4.85. The number of halogens is 1. The van der Waals surface area contributed by atoms with E-state index < -0.39 is 17.8 Å². The Morgan fingerprint density at radius 2 is 2.10 bits per heavy atom. The van der Waals surface area contributed by atoms with Crippen molar-refractivity contribution in [3.8, 4) is 0 Å². The highest BCUT2D eigenvalue weighted by molar-refractivity contribution is 5.87. The van der Waals surface area contributed by atoms with Gasteiger partial charge in [0, 0.05) is 0 Å². The monoisotopic (exact) mass is 278 g/mol. The molecule has 0 fully saturated rings. The largest absolute Gasteiger partial charge is 0.368 e. The third-order valence-corrected chi connectivity index (χ3v) is 2.69. The highest BCUT2D eigenvalue weighted by atomic mass is 19.1. The van der Waals surface area contributed by atoms with Crippen molar-refractivity contribution >= 4 is 11.8 Å². The molecule has 1 aromatic rings. The second kappa shape index (κ2) is 7.43. The Balaban J connectivity index is 2.62. The number of carbonyl (C=O) groups is 2. The minimum absolute atomic E-state index is 0.0103. The van der Waals surface area contributed by atoms with Crippen LogP contribution in [0.25, 0.3) is 0 Å². The lowest BCUT2D eigenvalue weighted by Crippen LogP contribution is -2.44. The Kier molecular flexibility index (Phi) is 5.90. The molecule has 0 bridgehead atoms. The maximum Gasteiger partial charge on any atom is 0.240 e. The van der Waals surface area contributed by atoms with Gasteiger partial charge in [0.1, 0.15) is 11.9 Å². The summed E-state index contributed by atoms with van der Waals surface area (Å²) in [5.41, 5.74) is 6.83. The molecular weight excluding hydrogens is 259 g/mol. The summed E-state index contributed by atoms with van der Waals surface area (Å²) in [5.74, 6) is -1.34. The minimum Gasteiger partial charge on any atom is -0.368 e. The smallest absolute Gasteiger partial charge is 0.240 e. The molecule has 20 heavy (non-hydrogen) atoms. The van der Waals surface area contributed by atoms with Gasteiger partial charge in [-0.25, -0.2) is 4.39 Å². The van der Waals surface area contributed by atoms with Crippen molar-refractivity contribution < 1.29 is 14.0 Å². The fourth-order valence-corrected chi connectivity index (χ4v) is 1.68. The van der Waals surface area contributed by atoms with Gasteiger partial charge in [-0.05, 0) is 38.0 Å². The molecule has 0 aliphatic carbocycles. The van der Waals surface area contributed by atoms with E-state index in [4.69, 9.17) is 5.73 Å². The van der Waals surface area contributed by atoms with Gasteiger partial charge in [0.2, 0.25) is 11.8 Å². The number of carbonyl (C=O) groups excluding carboxylic acids is 2. The summed E-state index contributed by atoms with van der Waals surface area (Å²) in [6, 6.07) is 5.04. The average Bonchev–Trinajstić information content (AvgIpc) is 2.33. The van der Waals surface area contributed by atoms with Gasteiger partial charge < -0.3 is 11.1 Å². The zero-order chi connectivity index (χ0) is 15.1. The van der Waals surface area contributed by atoms with E-state index in [2.05, 4.69) is 5.32 Å². The second-order valence-corrected chi connectivity index (χ2v) is 4.85. The molecule has 0 heterocycles. The quantitative estimate of drug-likeness (QED) is 0.777. The molecule has 0 radical (unpaired) electrons. The van der Waals surface area contributed by atoms with Crippen LogP contribution in [0.5, 0.6) is 0 Å². The summed E-state index contributed by atoms with van der Waals surface area (Å²) in [6.45, 7) is 3.79. The topological polar surface area (TPSA) is 72.2 Å². The van der Waals surface area contributed by atoms with Crippen LogP contribution in [0.2, 0.25) is 0 Å². The Morgan fingerprint density at radius 1 is 1.40 bits per heavy atom. The number of nitrogens with two attached hydrogens (primary N) is 1. The number of primary amides is 1. The van der Waals surface area contributed by atoms with Crippen molar-refractivity contribution in [1.29, 1.82) is 0 Å². The highest BCUT2D eigenvalue weighted by Gasteiger charge is 2.16. The molecule has 108 valence electrons. The number of rotatable bonds is 6. The first-order chi connectivity index (χ1) is 9.38. The summed E-state index contributed by atoms with van der Waals surface area (Å²) in [4.78, 5) is 23.1. The lowest BCUT2D eigenvalue weighted by atomic mass is 10.1. The lowest BCUT2D eigenvalue weighted by Gasteiger charge is -2.14. The first-order valence-electron chi connectivity index (χ1n) is 6.35. The molecule has 0 aliphatic rings. The van der Waals surface area contributed by atoms with Crippen LogP contribution in [0.15, 0.2) is 35.9 Å². The molecule has 0 unspecified atom stereocenters. The molecule has 2 amide bonds. The fraction of sp³-hybridized carbons (Fsp3) is 0.333. The van der Waals surface area contributed by atoms with Crippen molar-refractivity contribution in [2.75, 3.05) is 0 Å². The molecule has 3 N–H and O–H groups in total.